The number of thiocarbonyl (C=S) groups is 1. The Kier molecular flexibility index (Phi) is 4.04. The lowest BCUT2D eigenvalue weighted by molar-refractivity contribution is 0.320. The molecule has 12 heavy (non-hydrogen) atoms. The third-order valence-electron chi connectivity index (χ3n) is 2.73. The summed E-state index contributed by atoms with van der Waals surface area (Å²) in [4.78, 5) is 0. The van der Waals surface area contributed by atoms with Crippen molar-refractivity contribution >= 4 is 28.2 Å². The van der Waals surface area contributed by atoms with Crippen LogP contribution in [-0.4, -0.2) is 9.95 Å². The Balaban J connectivity index is 2.50. The lowest BCUT2D eigenvalue weighted by atomic mass is 9.77. The van der Waals surface area contributed by atoms with Crippen molar-refractivity contribution in [3.05, 3.63) is 0 Å². The summed E-state index contributed by atoms with van der Waals surface area (Å²) in [5.41, 5.74) is 0.383. The van der Waals surface area contributed by atoms with Crippen molar-refractivity contribution in [1.29, 1.82) is 0 Å². The van der Waals surface area contributed by atoms with E-state index in [1.165, 1.54) is 36.3 Å². The van der Waals surface area contributed by atoms with E-state index in [1.807, 2.05) is 11.8 Å². The van der Waals surface area contributed by atoms with E-state index in [-0.39, 0.29) is 0 Å². The number of thioether (sulfide) groups is 1. The summed E-state index contributed by atoms with van der Waals surface area (Å²) in [6.45, 7) is 4.53. The van der Waals surface area contributed by atoms with E-state index < -0.39 is 0 Å². The second-order valence-corrected chi connectivity index (χ2v) is 5.78. The van der Waals surface area contributed by atoms with Gasteiger partial charge in [0.25, 0.3) is 0 Å². The first kappa shape index (κ1) is 10.5. The Hall–Kier alpha value is 0.440. The summed E-state index contributed by atoms with van der Waals surface area (Å²) in [5.74, 6) is 1.13. The van der Waals surface area contributed by atoms with Gasteiger partial charge in [0, 0.05) is 5.41 Å². The lowest BCUT2D eigenvalue weighted by Gasteiger charge is -2.33. The quantitative estimate of drug-likeness (QED) is 0.620. The van der Waals surface area contributed by atoms with Gasteiger partial charge in [-0.05, 0) is 18.6 Å². The van der Waals surface area contributed by atoms with Gasteiger partial charge in [-0.25, -0.2) is 0 Å². The maximum Gasteiger partial charge on any atom is 0.0537 e. The van der Waals surface area contributed by atoms with E-state index in [0.717, 1.165) is 5.75 Å². The van der Waals surface area contributed by atoms with E-state index in [2.05, 4.69) is 13.8 Å². The molecule has 0 unspecified atom stereocenters. The maximum atomic E-state index is 5.45. The van der Waals surface area contributed by atoms with Crippen molar-refractivity contribution in [2.75, 3.05) is 5.75 Å². The van der Waals surface area contributed by atoms with Crippen LogP contribution in [0.4, 0.5) is 0 Å². The SMILES string of the molecule is CCSC(=S)C1(C)CCCCC1. The van der Waals surface area contributed by atoms with Crippen molar-refractivity contribution in [2.24, 2.45) is 5.41 Å². The molecule has 0 aliphatic heterocycles. The van der Waals surface area contributed by atoms with Crippen molar-refractivity contribution in [3.8, 4) is 0 Å². The van der Waals surface area contributed by atoms with Crippen LogP contribution >= 0.6 is 24.0 Å². The monoisotopic (exact) mass is 202 g/mol. The minimum Gasteiger partial charge on any atom is -0.119 e. The smallest absolute Gasteiger partial charge is 0.0537 e. The fraction of sp³-hybridized carbons (Fsp3) is 0.900. The molecule has 0 heterocycles. The molecule has 70 valence electrons. The highest BCUT2D eigenvalue weighted by Crippen LogP contribution is 2.40. The van der Waals surface area contributed by atoms with E-state index in [0.29, 0.717) is 5.41 Å². The molecule has 0 saturated heterocycles. The van der Waals surface area contributed by atoms with Crippen molar-refractivity contribution in [3.63, 3.8) is 0 Å². The summed E-state index contributed by atoms with van der Waals surface area (Å²) >= 11 is 7.32. The van der Waals surface area contributed by atoms with Gasteiger partial charge >= 0.3 is 0 Å². The molecule has 0 aromatic rings. The van der Waals surface area contributed by atoms with Crippen LogP contribution in [0.5, 0.6) is 0 Å². The molecule has 0 radical (unpaired) electrons. The normalized spacial score (nSPS) is 22.2. The molecule has 0 aromatic heterocycles. The zero-order valence-corrected chi connectivity index (χ0v) is 9.69. The molecule has 0 bridgehead atoms. The average molecular weight is 202 g/mol. The molecule has 0 spiro atoms. The largest absolute Gasteiger partial charge is 0.119 e. The fourth-order valence-electron chi connectivity index (χ4n) is 1.84. The van der Waals surface area contributed by atoms with Gasteiger partial charge in [0.1, 0.15) is 0 Å². The second kappa shape index (κ2) is 4.61. The summed E-state index contributed by atoms with van der Waals surface area (Å²) in [5, 5.41) is 0. The van der Waals surface area contributed by atoms with Crippen LogP contribution < -0.4 is 0 Å². The molecule has 0 aromatic carbocycles. The van der Waals surface area contributed by atoms with Gasteiger partial charge < -0.3 is 0 Å². The van der Waals surface area contributed by atoms with Crippen molar-refractivity contribution in [2.45, 2.75) is 46.0 Å². The topological polar surface area (TPSA) is 0 Å². The third kappa shape index (κ3) is 2.46. The predicted molar refractivity (Wildman–Crippen MR) is 61.9 cm³/mol. The molecule has 0 atom stereocenters. The van der Waals surface area contributed by atoms with Gasteiger partial charge in [-0.15, -0.1) is 11.8 Å². The molecule has 1 saturated carbocycles. The summed E-state index contributed by atoms with van der Waals surface area (Å²) in [7, 11) is 0. The zero-order chi connectivity index (χ0) is 9.03. The second-order valence-electron chi connectivity index (χ2n) is 3.84. The Labute approximate surface area is 85.5 Å². The average Bonchev–Trinajstić information content (AvgIpc) is 2.06. The van der Waals surface area contributed by atoms with Gasteiger partial charge in [-0.1, -0.05) is 45.3 Å². The molecular formula is C10H18S2. The Morgan fingerprint density at radius 2 is 1.92 bits per heavy atom. The van der Waals surface area contributed by atoms with Crippen LogP contribution in [0.3, 0.4) is 0 Å². The van der Waals surface area contributed by atoms with Crippen LogP contribution in [0.25, 0.3) is 0 Å². The van der Waals surface area contributed by atoms with Crippen LogP contribution in [0, 0.1) is 5.41 Å². The first-order valence-electron chi connectivity index (χ1n) is 4.86. The van der Waals surface area contributed by atoms with E-state index in [4.69, 9.17) is 12.2 Å². The van der Waals surface area contributed by atoms with Gasteiger partial charge in [0.2, 0.25) is 0 Å². The molecule has 1 aliphatic rings. The lowest BCUT2D eigenvalue weighted by Crippen LogP contribution is -2.26. The van der Waals surface area contributed by atoms with Crippen molar-refractivity contribution in [1.82, 2.24) is 0 Å². The Morgan fingerprint density at radius 3 is 2.42 bits per heavy atom. The van der Waals surface area contributed by atoms with E-state index in [9.17, 15) is 0 Å². The highest BCUT2D eigenvalue weighted by molar-refractivity contribution is 8.23. The molecule has 1 rings (SSSR count). The van der Waals surface area contributed by atoms with E-state index in [1.54, 1.807) is 0 Å². The van der Waals surface area contributed by atoms with Crippen LogP contribution in [-0.2, 0) is 0 Å². The minimum atomic E-state index is 0.383. The Morgan fingerprint density at radius 1 is 1.33 bits per heavy atom. The molecule has 2 heteroatoms. The highest BCUT2D eigenvalue weighted by Gasteiger charge is 2.30. The van der Waals surface area contributed by atoms with Crippen LogP contribution in [0.15, 0.2) is 0 Å². The predicted octanol–water partition coefficient (Wildman–Crippen LogP) is 4.04. The van der Waals surface area contributed by atoms with Gasteiger partial charge in [0.15, 0.2) is 0 Å². The van der Waals surface area contributed by atoms with Gasteiger partial charge in [-0.2, -0.15) is 0 Å². The first-order chi connectivity index (χ1) is 5.69. The summed E-state index contributed by atoms with van der Waals surface area (Å²) in [6, 6.07) is 0. The molecule has 0 nitrogen and oxygen atoms in total. The van der Waals surface area contributed by atoms with Gasteiger partial charge in [0.05, 0.1) is 4.20 Å². The molecule has 1 fully saturated rings. The molecular weight excluding hydrogens is 184 g/mol. The first-order valence-corrected chi connectivity index (χ1v) is 6.25. The number of hydrogen-bond acceptors (Lipinski definition) is 2. The minimum absolute atomic E-state index is 0.383. The third-order valence-corrected chi connectivity index (χ3v) is 4.62. The summed E-state index contributed by atoms with van der Waals surface area (Å²) < 4.78 is 1.25. The van der Waals surface area contributed by atoms with Gasteiger partial charge in [-0.3, -0.25) is 0 Å². The Bertz CT molecular complexity index is 157. The zero-order valence-electron chi connectivity index (χ0n) is 8.06. The summed E-state index contributed by atoms with van der Waals surface area (Å²) in [6.07, 6.45) is 6.80. The standard InChI is InChI=1S/C10H18S2/c1-3-12-9(11)10(2)7-5-4-6-8-10/h3-8H2,1-2H3. The highest BCUT2D eigenvalue weighted by atomic mass is 32.2. The number of hydrogen-bond donors (Lipinski definition) is 0. The van der Waals surface area contributed by atoms with Crippen LogP contribution in [0.2, 0.25) is 0 Å². The molecule has 0 N–H and O–H groups in total. The molecule has 1 aliphatic carbocycles. The van der Waals surface area contributed by atoms with Crippen LogP contribution in [0.1, 0.15) is 46.0 Å². The number of rotatable bonds is 2. The van der Waals surface area contributed by atoms with E-state index >= 15 is 0 Å². The fourth-order valence-corrected chi connectivity index (χ4v) is 3.21. The van der Waals surface area contributed by atoms with Crippen molar-refractivity contribution < 1.29 is 0 Å². The maximum absolute atomic E-state index is 5.45. The molecule has 0 amide bonds.